The van der Waals surface area contributed by atoms with Gasteiger partial charge < -0.3 is 5.32 Å². The van der Waals surface area contributed by atoms with E-state index in [0.717, 1.165) is 32.4 Å². The second-order valence-corrected chi connectivity index (χ2v) is 7.76. The highest BCUT2D eigenvalue weighted by molar-refractivity contribution is 7.87. The number of nitrogens with zero attached hydrogens (tertiary/aromatic N) is 1. The minimum Gasteiger partial charge on any atom is -0.317 e. The van der Waals surface area contributed by atoms with E-state index < -0.39 is 10.2 Å². The molecule has 5 nitrogen and oxygen atoms in total. The zero-order chi connectivity index (χ0) is 15.2. The van der Waals surface area contributed by atoms with Crippen LogP contribution < -0.4 is 10.0 Å². The monoisotopic (exact) mass is 305 g/mol. The van der Waals surface area contributed by atoms with Crippen molar-refractivity contribution in [2.75, 3.05) is 26.2 Å². The van der Waals surface area contributed by atoms with Crippen molar-refractivity contribution in [3.63, 3.8) is 0 Å². The van der Waals surface area contributed by atoms with E-state index in [2.05, 4.69) is 30.8 Å². The predicted molar refractivity (Wildman–Crippen MR) is 83.8 cm³/mol. The molecule has 0 bridgehead atoms. The molecule has 1 rings (SSSR count). The maximum Gasteiger partial charge on any atom is 0.279 e. The Morgan fingerprint density at radius 2 is 2.00 bits per heavy atom. The third-order valence-corrected chi connectivity index (χ3v) is 5.66. The van der Waals surface area contributed by atoms with Crippen LogP contribution in [0.5, 0.6) is 0 Å². The molecule has 2 N–H and O–H groups in total. The first-order chi connectivity index (χ1) is 9.40. The summed E-state index contributed by atoms with van der Waals surface area (Å²) in [5.41, 5.74) is 0. The Balaban J connectivity index is 2.62. The molecule has 0 aromatic carbocycles. The van der Waals surface area contributed by atoms with Crippen LogP contribution >= 0.6 is 0 Å². The van der Waals surface area contributed by atoms with Crippen LogP contribution in [0, 0.1) is 11.8 Å². The molecular weight excluding hydrogens is 274 g/mol. The molecule has 0 radical (unpaired) electrons. The van der Waals surface area contributed by atoms with E-state index in [4.69, 9.17) is 0 Å². The fourth-order valence-electron chi connectivity index (χ4n) is 2.72. The summed E-state index contributed by atoms with van der Waals surface area (Å²) >= 11 is 0. The SMILES string of the molecule is CCNCC1CCCN(S(=O)(=O)NC(CC)C(C)C)C1. The van der Waals surface area contributed by atoms with Crippen LogP contribution in [0.3, 0.4) is 0 Å². The van der Waals surface area contributed by atoms with Crippen molar-refractivity contribution in [3.05, 3.63) is 0 Å². The third-order valence-electron chi connectivity index (χ3n) is 4.05. The Hall–Kier alpha value is -0.170. The molecule has 0 spiro atoms. The molecule has 6 heteroatoms. The topological polar surface area (TPSA) is 61.4 Å². The van der Waals surface area contributed by atoms with E-state index in [-0.39, 0.29) is 6.04 Å². The van der Waals surface area contributed by atoms with Gasteiger partial charge in [0.15, 0.2) is 0 Å². The summed E-state index contributed by atoms with van der Waals surface area (Å²) in [5.74, 6) is 0.747. The molecule has 0 saturated carbocycles. The highest BCUT2D eigenvalue weighted by Gasteiger charge is 2.30. The lowest BCUT2D eigenvalue weighted by Crippen LogP contribution is -2.51. The van der Waals surface area contributed by atoms with E-state index >= 15 is 0 Å². The van der Waals surface area contributed by atoms with Gasteiger partial charge >= 0.3 is 0 Å². The van der Waals surface area contributed by atoms with Crippen molar-refractivity contribution < 1.29 is 8.42 Å². The Morgan fingerprint density at radius 1 is 1.30 bits per heavy atom. The summed E-state index contributed by atoms with van der Waals surface area (Å²) in [5, 5.41) is 3.32. The summed E-state index contributed by atoms with van der Waals surface area (Å²) < 4.78 is 29.4. The smallest absolute Gasteiger partial charge is 0.279 e. The van der Waals surface area contributed by atoms with Crippen molar-refractivity contribution in [2.45, 2.75) is 53.0 Å². The minimum atomic E-state index is -3.34. The van der Waals surface area contributed by atoms with Gasteiger partial charge in [0.1, 0.15) is 0 Å². The van der Waals surface area contributed by atoms with Gasteiger partial charge in [-0.05, 0) is 44.2 Å². The van der Waals surface area contributed by atoms with Crippen LogP contribution in [-0.2, 0) is 10.2 Å². The summed E-state index contributed by atoms with van der Waals surface area (Å²) in [7, 11) is -3.34. The molecule has 0 aromatic rings. The molecule has 20 heavy (non-hydrogen) atoms. The summed E-state index contributed by atoms with van der Waals surface area (Å²) in [6.45, 7) is 11.3. The maximum atomic E-state index is 12.5. The van der Waals surface area contributed by atoms with Crippen LogP contribution in [-0.4, -0.2) is 44.9 Å². The van der Waals surface area contributed by atoms with Gasteiger partial charge in [-0.2, -0.15) is 17.4 Å². The summed E-state index contributed by atoms with van der Waals surface area (Å²) in [6, 6.07) is 0.0224. The Morgan fingerprint density at radius 3 is 2.55 bits per heavy atom. The third kappa shape index (κ3) is 5.31. The van der Waals surface area contributed by atoms with Crippen molar-refractivity contribution >= 4 is 10.2 Å². The van der Waals surface area contributed by atoms with E-state index in [1.165, 1.54) is 0 Å². The number of hydrogen-bond donors (Lipinski definition) is 2. The fraction of sp³-hybridized carbons (Fsp3) is 1.00. The first-order valence-electron chi connectivity index (χ1n) is 7.88. The van der Waals surface area contributed by atoms with Crippen molar-refractivity contribution in [3.8, 4) is 0 Å². The molecule has 1 aliphatic heterocycles. The van der Waals surface area contributed by atoms with Gasteiger partial charge in [0, 0.05) is 19.1 Å². The second-order valence-electron chi connectivity index (χ2n) is 6.06. The first kappa shape index (κ1) is 17.9. The van der Waals surface area contributed by atoms with Crippen molar-refractivity contribution in [1.82, 2.24) is 14.3 Å². The first-order valence-corrected chi connectivity index (χ1v) is 9.32. The minimum absolute atomic E-state index is 0.0224. The van der Waals surface area contributed by atoms with Crippen molar-refractivity contribution in [2.24, 2.45) is 11.8 Å². The van der Waals surface area contributed by atoms with Gasteiger partial charge in [-0.3, -0.25) is 0 Å². The number of piperidine rings is 1. The molecular formula is C14H31N3O2S. The zero-order valence-corrected chi connectivity index (χ0v) is 14.2. The Kier molecular flexibility index (Phi) is 7.43. The molecule has 1 saturated heterocycles. The van der Waals surface area contributed by atoms with Crippen LogP contribution in [0.25, 0.3) is 0 Å². The van der Waals surface area contributed by atoms with Gasteiger partial charge in [-0.15, -0.1) is 0 Å². The Bertz CT molecular complexity index is 371. The molecule has 1 aliphatic rings. The number of hydrogen-bond acceptors (Lipinski definition) is 3. The second kappa shape index (κ2) is 8.32. The summed E-state index contributed by atoms with van der Waals surface area (Å²) in [6.07, 6.45) is 2.89. The molecule has 1 fully saturated rings. The van der Waals surface area contributed by atoms with E-state index in [0.29, 0.717) is 24.9 Å². The van der Waals surface area contributed by atoms with Gasteiger partial charge in [0.25, 0.3) is 10.2 Å². The Labute approximate surface area is 124 Å². The van der Waals surface area contributed by atoms with Gasteiger partial charge in [0.2, 0.25) is 0 Å². The van der Waals surface area contributed by atoms with Crippen LogP contribution in [0.15, 0.2) is 0 Å². The molecule has 1 heterocycles. The molecule has 2 unspecified atom stereocenters. The molecule has 2 atom stereocenters. The molecule has 0 amide bonds. The lowest BCUT2D eigenvalue weighted by Gasteiger charge is -2.33. The molecule has 0 aromatic heterocycles. The number of nitrogens with one attached hydrogen (secondary N) is 2. The standard InChI is InChI=1S/C14H31N3O2S/c1-5-14(12(3)4)16-20(18,19)17-9-7-8-13(11-17)10-15-6-2/h12-16H,5-11H2,1-4H3. The summed E-state index contributed by atoms with van der Waals surface area (Å²) in [4.78, 5) is 0. The lowest BCUT2D eigenvalue weighted by molar-refractivity contribution is 0.255. The normalized spacial score (nSPS) is 23.1. The predicted octanol–water partition coefficient (Wildman–Crippen LogP) is 1.58. The van der Waals surface area contributed by atoms with Crippen LogP contribution in [0.4, 0.5) is 0 Å². The van der Waals surface area contributed by atoms with Crippen molar-refractivity contribution in [1.29, 1.82) is 0 Å². The maximum absolute atomic E-state index is 12.5. The zero-order valence-electron chi connectivity index (χ0n) is 13.4. The molecule has 0 aliphatic carbocycles. The van der Waals surface area contributed by atoms with Crippen LogP contribution in [0.2, 0.25) is 0 Å². The van der Waals surface area contributed by atoms with E-state index in [9.17, 15) is 8.42 Å². The highest BCUT2D eigenvalue weighted by Crippen LogP contribution is 2.19. The average Bonchev–Trinajstić information content (AvgIpc) is 2.42. The van der Waals surface area contributed by atoms with Gasteiger partial charge in [-0.25, -0.2) is 0 Å². The van der Waals surface area contributed by atoms with Gasteiger partial charge in [-0.1, -0.05) is 27.7 Å². The van der Waals surface area contributed by atoms with E-state index in [1.54, 1.807) is 4.31 Å². The largest absolute Gasteiger partial charge is 0.317 e. The lowest BCUT2D eigenvalue weighted by atomic mass is 10.00. The fourth-order valence-corrected chi connectivity index (χ4v) is 4.46. The van der Waals surface area contributed by atoms with E-state index in [1.807, 2.05) is 6.92 Å². The van der Waals surface area contributed by atoms with Gasteiger partial charge in [0.05, 0.1) is 0 Å². The highest BCUT2D eigenvalue weighted by atomic mass is 32.2. The molecule has 120 valence electrons. The number of rotatable bonds is 8. The quantitative estimate of drug-likeness (QED) is 0.716. The van der Waals surface area contributed by atoms with Crippen LogP contribution in [0.1, 0.15) is 47.0 Å². The average molecular weight is 305 g/mol.